The fraction of sp³-hybridized carbons (Fsp3) is 0.273. The Morgan fingerprint density at radius 1 is 1.47 bits per heavy atom. The molecule has 0 bridgehead atoms. The Kier molecular flexibility index (Phi) is 2.19. The Morgan fingerprint density at radius 2 is 2.20 bits per heavy atom. The second-order valence-electron chi connectivity index (χ2n) is 3.53. The first kappa shape index (κ1) is 9.71. The van der Waals surface area contributed by atoms with Gasteiger partial charge in [0.25, 0.3) is 0 Å². The summed E-state index contributed by atoms with van der Waals surface area (Å²) >= 11 is 0. The van der Waals surface area contributed by atoms with Crippen LogP contribution in [0.15, 0.2) is 16.5 Å². The highest BCUT2D eigenvalue weighted by Gasteiger charge is 2.11. The zero-order valence-electron chi connectivity index (χ0n) is 8.57. The van der Waals surface area contributed by atoms with E-state index < -0.39 is 5.97 Å². The second-order valence-corrected chi connectivity index (χ2v) is 3.53. The minimum Gasteiger partial charge on any atom is -0.481 e. The number of aromatic nitrogens is 1. The van der Waals surface area contributed by atoms with Gasteiger partial charge in [-0.05, 0) is 31.0 Å². The highest BCUT2D eigenvalue weighted by atomic mass is 16.4. The molecule has 78 valence electrons. The number of aliphatic carboxylic acids is 1. The minimum atomic E-state index is -0.934. The summed E-state index contributed by atoms with van der Waals surface area (Å²) in [4.78, 5) is 14.7. The van der Waals surface area contributed by atoms with Crippen LogP contribution in [0.1, 0.15) is 17.0 Å². The van der Waals surface area contributed by atoms with E-state index in [-0.39, 0.29) is 12.3 Å². The van der Waals surface area contributed by atoms with Crippen molar-refractivity contribution in [1.82, 2.24) is 4.98 Å². The third kappa shape index (κ3) is 1.70. The van der Waals surface area contributed by atoms with Crippen molar-refractivity contribution in [3.05, 3.63) is 29.2 Å². The van der Waals surface area contributed by atoms with E-state index in [0.717, 1.165) is 16.6 Å². The number of aryl methyl sites for hydroxylation is 2. The van der Waals surface area contributed by atoms with Crippen LogP contribution in [-0.4, -0.2) is 16.1 Å². The van der Waals surface area contributed by atoms with Crippen molar-refractivity contribution in [2.75, 3.05) is 0 Å². The molecule has 0 saturated carbocycles. The SMILES string of the molecule is Cc1ccc2oc(CC(=O)O)nc2c1C. The van der Waals surface area contributed by atoms with Crippen LogP contribution in [0.4, 0.5) is 0 Å². The van der Waals surface area contributed by atoms with E-state index in [0.29, 0.717) is 5.58 Å². The van der Waals surface area contributed by atoms with Crippen LogP contribution >= 0.6 is 0 Å². The molecule has 4 heteroatoms. The Morgan fingerprint density at radius 3 is 2.87 bits per heavy atom. The second kappa shape index (κ2) is 3.38. The molecular weight excluding hydrogens is 194 g/mol. The number of benzene rings is 1. The lowest BCUT2D eigenvalue weighted by atomic mass is 10.1. The summed E-state index contributed by atoms with van der Waals surface area (Å²) in [6.45, 7) is 3.94. The average Bonchev–Trinajstić information content (AvgIpc) is 2.54. The summed E-state index contributed by atoms with van der Waals surface area (Å²) < 4.78 is 5.32. The lowest BCUT2D eigenvalue weighted by molar-refractivity contribution is -0.136. The molecular formula is C11H11NO3. The summed E-state index contributed by atoms with van der Waals surface area (Å²) in [6.07, 6.45) is -0.173. The molecule has 0 unspecified atom stereocenters. The highest BCUT2D eigenvalue weighted by Crippen LogP contribution is 2.21. The fourth-order valence-corrected chi connectivity index (χ4v) is 1.48. The number of carboxylic acids is 1. The largest absolute Gasteiger partial charge is 0.481 e. The smallest absolute Gasteiger partial charge is 0.312 e. The molecule has 0 amide bonds. The molecule has 0 aliphatic carbocycles. The summed E-state index contributed by atoms with van der Waals surface area (Å²) in [5, 5.41) is 8.62. The van der Waals surface area contributed by atoms with E-state index >= 15 is 0 Å². The Bertz CT molecular complexity index is 528. The average molecular weight is 205 g/mol. The third-order valence-electron chi connectivity index (χ3n) is 2.43. The molecule has 2 aromatic rings. The summed E-state index contributed by atoms with van der Waals surface area (Å²) in [5.41, 5.74) is 3.56. The molecule has 0 saturated heterocycles. The first-order valence-corrected chi connectivity index (χ1v) is 4.65. The lowest BCUT2D eigenvalue weighted by Gasteiger charge is -1.96. The quantitative estimate of drug-likeness (QED) is 0.815. The number of carbonyl (C=O) groups is 1. The van der Waals surface area contributed by atoms with Crippen molar-refractivity contribution in [2.45, 2.75) is 20.3 Å². The van der Waals surface area contributed by atoms with E-state index in [1.165, 1.54) is 0 Å². The van der Waals surface area contributed by atoms with Crippen molar-refractivity contribution in [3.8, 4) is 0 Å². The third-order valence-corrected chi connectivity index (χ3v) is 2.43. The topological polar surface area (TPSA) is 63.3 Å². The number of hydrogen-bond donors (Lipinski definition) is 1. The van der Waals surface area contributed by atoms with Crippen LogP contribution in [0, 0.1) is 13.8 Å². The van der Waals surface area contributed by atoms with Gasteiger partial charge in [0.1, 0.15) is 11.9 Å². The van der Waals surface area contributed by atoms with Crippen molar-refractivity contribution in [3.63, 3.8) is 0 Å². The van der Waals surface area contributed by atoms with E-state index in [2.05, 4.69) is 4.98 Å². The summed E-state index contributed by atoms with van der Waals surface area (Å²) in [6, 6.07) is 3.75. The maximum atomic E-state index is 10.5. The monoisotopic (exact) mass is 205 g/mol. The van der Waals surface area contributed by atoms with Gasteiger partial charge in [-0.25, -0.2) is 4.98 Å². The summed E-state index contributed by atoms with van der Waals surface area (Å²) in [7, 11) is 0. The molecule has 0 radical (unpaired) electrons. The molecule has 1 aromatic carbocycles. The van der Waals surface area contributed by atoms with E-state index in [9.17, 15) is 4.79 Å². The van der Waals surface area contributed by atoms with Gasteiger partial charge in [0.2, 0.25) is 5.89 Å². The Labute approximate surface area is 86.5 Å². The minimum absolute atomic E-state index is 0.173. The molecule has 15 heavy (non-hydrogen) atoms. The molecule has 4 nitrogen and oxygen atoms in total. The predicted octanol–water partition coefficient (Wildman–Crippen LogP) is 2.07. The zero-order chi connectivity index (χ0) is 11.0. The van der Waals surface area contributed by atoms with Gasteiger partial charge in [-0.15, -0.1) is 0 Å². The van der Waals surface area contributed by atoms with E-state index in [4.69, 9.17) is 9.52 Å². The van der Waals surface area contributed by atoms with Gasteiger partial charge in [-0.2, -0.15) is 0 Å². The van der Waals surface area contributed by atoms with Gasteiger partial charge in [-0.3, -0.25) is 4.79 Å². The molecule has 0 atom stereocenters. The molecule has 1 aromatic heterocycles. The highest BCUT2D eigenvalue weighted by molar-refractivity contribution is 5.78. The molecule has 1 N–H and O–H groups in total. The fourth-order valence-electron chi connectivity index (χ4n) is 1.48. The van der Waals surface area contributed by atoms with E-state index in [1.807, 2.05) is 26.0 Å². The molecule has 0 fully saturated rings. The Balaban J connectivity index is 2.56. The maximum absolute atomic E-state index is 10.5. The van der Waals surface area contributed by atoms with Crippen LogP contribution in [0.5, 0.6) is 0 Å². The van der Waals surface area contributed by atoms with Gasteiger partial charge in [0.15, 0.2) is 5.58 Å². The van der Waals surface area contributed by atoms with Crippen molar-refractivity contribution < 1.29 is 14.3 Å². The van der Waals surface area contributed by atoms with E-state index in [1.54, 1.807) is 0 Å². The van der Waals surface area contributed by atoms with Crippen molar-refractivity contribution in [1.29, 1.82) is 0 Å². The van der Waals surface area contributed by atoms with Gasteiger partial charge >= 0.3 is 5.97 Å². The molecule has 2 rings (SSSR count). The number of carboxylic acid groups (broad SMARTS) is 1. The molecule has 0 aliphatic heterocycles. The maximum Gasteiger partial charge on any atom is 0.312 e. The first-order chi connectivity index (χ1) is 7.08. The normalized spacial score (nSPS) is 10.8. The number of nitrogens with zero attached hydrogens (tertiary/aromatic N) is 1. The zero-order valence-corrected chi connectivity index (χ0v) is 8.57. The number of rotatable bonds is 2. The first-order valence-electron chi connectivity index (χ1n) is 4.65. The lowest BCUT2D eigenvalue weighted by Crippen LogP contribution is -1.99. The number of hydrogen-bond acceptors (Lipinski definition) is 3. The van der Waals surface area contributed by atoms with Crippen LogP contribution in [0.3, 0.4) is 0 Å². The standard InChI is InChI=1S/C11H11NO3/c1-6-3-4-8-11(7(6)2)12-9(15-8)5-10(13)14/h3-4H,5H2,1-2H3,(H,13,14). The van der Waals surface area contributed by atoms with Gasteiger partial charge < -0.3 is 9.52 Å². The van der Waals surface area contributed by atoms with Crippen molar-refractivity contribution >= 4 is 17.1 Å². The van der Waals surface area contributed by atoms with Gasteiger partial charge in [-0.1, -0.05) is 6.07 Å². The molecule has 0 aliphatic rings. The predicted molar refractivity (Wildman–Crippen MR) is 54.8 cm³/mol. The van der Waals surface area contributed by atoms with Crippen LogP contribution in [0.2, 0.25) is 0 Å². The number of oxazole rings is 1. The van der Waals surface area contributed by atoms with Gasteiger partial charge in [0.05, 0.1) is 0 Å². The van der Waals surface area contributed by atoms with Crippen LogP contribution in [0.25, 0.3) is 11.1 Å². The van der Waals surface area contributed by atoms with Gasteiger partial charge in [0, 0.05) is 0 Å². The number of fused-ring (bicyclic) bond motifs is 1. The van der Waals surface area contributed by atoms with Crippen LogP contribution < -0.4 is 0 Å². The van der Waals surface area contributed by atoms with Crippen LogP contribution in [-0.2, 0) is 11.2 Å². The summed E-state index contributed by atoms with van der Waals surface area (Å²) in [5.74, 6) is -0.679. The Hall–Kier alpha value is -1.84. The molecule has 1 heterocycles. The van der Waals surface area contributed by atoms with Crippen molar-refractivity contribution in [2.24, 2.45) is 0 Å². The molecule has 0 spiro atoms.